The number of anilines is 1. The molecule has 9 nitrogen and oxygen atoms in total. The summed E-state index contributed by atoms with van der Waals surface area (Å²) in [6, 6.07) is 4.50. The number of nitrogens with one attached hydrogen (secondary N) is 1. The molecule has 0 amide bonds. The number of nitro groups is 1. The summed E-state index contributed by atoms with van der Waals surface area (Å²) in [6.07, 6.45) is 4.87. The largest absolute Gasteiger partial charge is 0.381 e. The predicted molar refractivity (Wildman–Crippen MR) is 105 cm³/mol. The molecule has 28 heavy (non-hydrogen) atoms. The zero-order chi connectivity index (χ0) is 20.3. The van der Waals surface area contributed by atoms with E-state index in [0.29, 0.717) is 25.4 Å². The maximum absolute atomic E-state index is 12.6. The Labute approximate surface area is 163 Å². The Bertz CT molecular complexity index is 871. The molecule has 3 rings (SSSR count). The molecule has 0 spiro atoms. The predicted octanol–water partition coefficient (Wildman–Crippen LogP) is 2.08. The highest BCUT2D eigenvalue weighted by Gasteiger charge is 2.35. The maximum Gasteiger partial charge on any atom is 0.293 e. The number of carbonyl (C=O) groups is 1. The number of aryl methyl sites for hydroxylation is 1. The fourth-order valence-corrected chi connectivity index (χ4v) is 3.48. The van der Waals surface area contributed by atoms with E-state index in [1.165, 1.54) is 12.3 Å². The second kappa shape index (κ2) is 8.07. The van der Waals surface area contributed by atoms with Crippen LogP contribution in [0.3, 0.4) is 0 Å². The monoisotopic (exact) mass is 387 g/mol. The van der Waals surface area contributed by atoms with E-state index in [9.17, 15) is 14.9 Å². The molecule has 1 N–H and O–H groups in total. The van der Waals surface area contributed by atoms with E-state index in [1.54, 1.807) is 29.9 Å². The molecule has 0 radical (unpaired) electrons. The molecule has 0 atom stereocenters. The zero-order valence-electron chi connectivity index (χ0n) is 16.3. The molecule has 1 aromatic heterocycles. The molecular weight excluding hydrogens is 362 g/mol. The van der Waals surface area contributed by atoms with E-state index in [0.717, 1.165) is 12.8 Å². The van der Waals surface area contributed by atoms with Crippen molar-refractivity contribution in [3.05, 3.63) is 52.1 Å². The number of aromatic nitrogens is 2. The smallest absolute Gasteiger partial charge is 0.293 e. The molecule has 150 valence electrons. The fraction of sp³-hybridized carbons (Fsp3) is 0.474. The Hall–Kier alpha value is -2.78. The Morgan fingerprint density at radius 3 is 2.68 bits per heavy atom. The van der Waals surface area contributed by atoms with Crippen LogP contribution >= 0.6 is 0 Å². The van der Waals surface area contributed by atoms with E-state index < -0.39 is 4.92 Å². The Balaban J connectivity index is 1.84. The first-order valence-electron chi connectivity index (χ1n) is 9.13. The van der Waals surface area contributed by atoms with Gasteiger partial charge in [0.1, 0.15) is 5.69 Å². The third-order valence-electron chi connectivity index (χ3n) is 5.46. The summed E-state index contributed by atoms with van der Waals surface area (Å²) in [7, 11) is 5.73. The molecule has 1 fully saturated rings. The van der Waals surface area contributed by atoms with Gasteiger partial charge in [-0.3, -0.25) is 14.9 Å². The minimum Gasteiger partial charge on any atom is -0.381 e. The number of likely N-dealkylation sites (N-methyl/N-ethyl adjacent to an activating group) is 1. The molecule has 1 aromatic carbocycles. The van der Waals surface area contributed by atoms with Gasteiger partial charge < -0.3 is 19.5 Å². The zero-order valence-corrected chi connectivity index (χ0v) is 16.3. The highest BCUT2D eigenvalue weighted by molar-refractivity contribution is 6.07. The van der Waals surface area contributed by atoms with E-state index in [4.69, 9.17) is 4.74 Å². The highest BCUT2D eigenvalue weighted by atomic mass is 16.6. The van der Waals surface area contributed by atoms with Crippen LogP contribution in [0.2, 0.25) is 0 Å². The number of carbonyl (C=O) groups excluding carboxylic acids is 1. The molecule has 2 aromatic rings. The molecular formula is C19H25N5O4. The lowest BCUT2D eigenvalue weighted by molar-refractivity contribution is -0.384. The molecule has 0 aliphatic carbocycles. The average molecular weight is 387 g/mol. The van der Waals surface area contributed by atoms with Gasteiger partial charge >= 0.3 is 0 Å². The minimum absolute atomic E-state index is 0.124. The number of nitro benzene ring substituents is 1. The summed E-state index contributed by atoms with van der Waals surface area (Å²) in [5.74, 6) is -0.111. The molecule has 9 heteroatoms. The third-order valence-corrected chi connectivity index (χ3v) is 5.46. The fourth-order valence-electron chi connectivity index (χ4n) is 3.48. The standard InChI is InChI=1S/C19H25N5O4/c1-22(2)19(6-10-28-11-7-19)13-21-15-5-4-14(12-16(15)24(26)27)17(25)18-20-8-9-23(18)3/h4-5,8-9,12,21H,6-7,10-11,13H2,1-3H3. The minimum atomic E-state index is -0.468. The first-order valence-corrected chi connectivity index (χ1v) is 9.13. The second-order valence-corrected chi connectivity index (χ2v) is 7.26. The van der Waals surface area contributed by atoms with Gasteiger partial charge in [0.2, 0.25) is 5.78 Å². The number of hydrogen-bond donors (Lipinski definition) is 1. The highest BCUT2D eigenvalue weighted by Crippen LogP contribution is 2.30. The number of ether oxygens (including phenoxy) is 1. The lowest BCUT2D eigenvalue weighted by atomic mass is 9.88. The van der Waals surface area contributed by atoms with Crippen molar-refractivity contribution in [1.82, 2.24) is 14.5 Å². The number of rotatable bonds is 7. The SMILES string of the molecule is CN(C)C1(CNc2ccc(C(=O)c3nccn3C)cc2[N+](=O)[O-])CCOCC1. The van der Waals surface area contributed by atoms with Crippen LogP contribution in [0.15, 0.2) is 30.6 Å². The van der Waals surface area contributed by atoms with E-state index in [-0.39, 0.29) is 28.4 Å². The van der Waals surface area contributed by atoms with Crippen LogP contribution in [-0.4, -0.2) is 64.6 Å². The van der Waals surface area contributed by atoms with Gasteiger partial charge in [-0.25, -0.2) is 4.98 Å². The molecule has 1 aliphatic rings. The van der Waals surface area contributed by atoms with Gasteiger partial charge in [0.25, 0.3) is 5.69 Å². The number of nitrogens with zero attached hydrogens (tertiary/aromatic N) is 4. The maximum atomic E-state index is 12.6. The van der Waals surface area contributed by atoms with E-state index >= 15 is 0 Å². The van der Waals surface area contributed by atoms with Gasteiger partial charge in [0.15, 0.2) is 5.82 Å². The Morgan fingerprint density at radius 2 is 2.11 bits per heavy atom. The lowest BCUT2D eigenvalue weighted by Gasteiger charge is -2.43. The van der Waals surface area contributed by atoms with Crippen molar-refractivity contribution in [1.29, 1.82) is 0 Å². The summed E-state index contributed by atoms with van der Waals surface area (Å²) in [5, 5.41) is 14.8. The molecule has 0 unspecified atom stereocenters. The summed E-state index contributed by atoms with van der Waals surface area (Å²) in [6.45, 7) is 1.88. The van der Waals surface area contributed by atoms with E-state index in [2.05, 4.69) is 15.2 Å². The topological polar surface area (TPSA) is 103 Å². The molecule has 1 aliphatic heterocycles. The van der Waals surface area contributed by atoms with Crippen molar-refractivity contribution in [2.45, 2.75) is 18.4 Å². The van der Waals surface area contributed by atoms with Crippen LogP contribution in [0.5, 0.6) is 0 Å². The summed E-state index contributed by atoms with van der Waals surface area (Å²) >= 11 is 0. The van der Waals surface area contributed by atoms with Crippen LogP contribution < -0.4 is 5.32 Å². The molecule has 2 heterocycles. The van der Waals surface area contributed by atoms with Crippen LogP contribution in [0, 0.1) is 10.1 Å². The molecule has 0 saturated carbocycles. The van der Waals surface area contributed by atoms with Crippen molar-refractivity contribution in [3.8, 4) is 0 Å². The Morgan fingerprint density at radius 1 is 1.39 bits per heavy atom. The summed E-state index contributed by atoms with van der Waals surface area (Å²) in [4.78, 5) is 29.9. The van der Waals surface area contributed by atoms with Crippen molar-refractivity contribution in [2.24, 2.45) is 7.05 Å². The average Bonchev–Trinajstić information content (AvgIpc) is 3.12. The Kier molecular flexibility index (Phi) is 5.76. The van der Waals surface area contributed by atoms with Crippen molar-refractivity contribution >= 4 is 17.2 Å². The van der Waals surface area contributed by atoms with Gasteiger partial charge in [-0.1, -0.05) is 0 Å². The van der Waals surface area contributed by atoms with Crippen LogP contribution in [-0.2, 0) is 11.8 Å². The number of imidazole rings is 1. The normalized spacial score (nSPS) is 16.1. The number of ketones is 1. The number of benzene rings is 1. The first kappa shape index (κ1) is 20.0. The van der Waals surface area contributed by atoms with Crippen LogP contribution in [0.1, 0.15) is 29.0 Å². The van der Waals surface area contributed by atoms with Crippen molar-refractivity contribution < 1.29 is 14.5 Å². The molecule has 1 saturated heterocycles. The van der Waals surface area contributed by atoms with Gasteiger partial charge in [-0.15, -0.1) is 0 Å². The van der Waals surface area contributed by atoms with Gasteiger partial charge in [-0.2, -0.15) is 0 Å². The summed E-state index contributed by atoms with van der Waals surface area (Å²) in [5.41, 5.74) is 0.378. The van der Waals surface area contributed by atoms with Gasteiger partial charge in [0.05, 0.1) is 4.92 Å². The quantitative estimate of drug-likeness (QED) is 0.441. The molecule has 0 bridgehead atoms. The first-order chi connectivity index (χ1) is 13.3. The lowest BCUT2D eigenvalue weighted by Crippen LogP contribution is -2.53. The number of hydrogen-bond acceptors (Lipinski definition) is 7. The van der Waals surface area contributed by atoms with Crippen molar-refractivity contribution in [2.75, 3.05) is 39.2 Å². The van der Waals surface area contributed by atoms with Gasteiger partial charge in [-0.05, 0) is 39.1 Å². The van der Waals surface area contributed by atoms with E-state index in [1.807, 2.05) is 14.1 Å². The van der Waals surface area contributed by atoms with Crippen LogP contribution in [0.25, 0.3) is 0 Å². The van der Waals surface area contributed by atoms with Crippen molar-refractivity contribution in [3.63, 3.8) is 0 Å². The van der Waals surface area contributed by atoms with Crippen LogP contribution in [0.4, 0.5) is 11.4 Å². The van der Waals surface area contributed by atoms with Gasteiger partial charge in [0, 0.05) is 56.4 Å². The third kappa shape index (κ3) is 3.90. The summed E-state index contributed by atoms with van der Waals surface area (Å²) < 4.78 is 7.06. The second-order valence-electron chi connectivity index (χ2n) is 7.26.